The van der Waals surface area contributed by atoms with Crippen LogP contribution in [-0.4, -0.2) is 38.7 Å². The highest BCUT2D eigenvalue weighted by molar-refractivity contribution is 7.14. The standard InChI is InChI=1S/C20H19ClF3N5OS/c21-13-5-4-6-15(9-13)29-17(20(22,23)24)16(10-25-29)18(30)27-19-26-14(12-31-19)11-28-7-2-1-3-8-28/h4-6,9-10,12H,1-3,7-8,11H2,(H,26,27,30). The molecule has 2 aromatic heterocycles. The summed E-state index contributed by atoms with van der Waals surface area (Å²) in [7, 11) is 0. The van der Waals surface area contributed by atoms with Gasteiger partial charge in [0.1, 0.15) is 0 Å². The molecule has 1 amide bonds. The summed E-state index contributed by atoms with van der Waals surface area (Å²) in [6.45, 7) is 2.65. The first-order valence-electron chi connectivity index (χ1n) is 9.70. The predicted molar refractivity (Wildman–Crippen MR) is 113 cm³/mol. The number of amides is 1. The Bertz CT molecular complexity index is 1070. The molecule has 0 aliphatic carbocycles. The van der Waals surface area contributed by atoms with Gasteiger partial charge < -0.3 is 0 Å². The predicted octanol–water partition coefficient (Wildman–Crippen LogP) is 5.24. The molecule has 0 spiro atoms. The normalized spacial score (nSPS) is 15.2. The summed E-state index contributed by atoms with van der Waals surface area (Å²) in [6, 6.07) is 5.83. The first-order valence-corrected chi connectivity index (χ1v) is 11.0. The van der Waals surface area contributed by atoms with E-state index in [1.807, 2.05) is 5.38 Å². The quantitative estimate of drug-likeness (QED) is 0.555. The van der Waals surface area contributed by atoms with Crippen molar-refractivity contribution in [2.75, 3.05) is 18.4 Å². The van der Waals surface area contributed by atoms with Gasteiger partial charge in [0.25, 0.3) is 5.91 Å². The molecule has 164 valence electrons. The maximum Gasteiger partial charge on any atom is 0.434 e. The van der Waals surface area contributed by atoms with Crippen molar-refractivity contribution in [3.8, 4) is 5.69 Å². The number of hydrogen-bond donors (Lipinski definition) is 1. The number of nitrogens with one attached hydrogen (secondary N) is 1. The summed E-state index contributed by atoms with van der Waals surface area (Å²) in [5, 5.41) is 8.59. The van der Waals surface area contributed by atoms with E-state index in [2.05, 4.69) is 20.3 Å². The van der Waals surface area contributed by atoms with Crippen molar-refractivity contribution in [1.82, 2.24) is 19.7 Å². The molecular weight excluding hydrogens is 451 g/mol. The second kappa shape index (κ2) is 8.97. The molecule has 0 atom stereocenters. The van der Waals surface area contributed by atoms with Crippen LogP contribution in [0.1, 0.15) is 41.0 Å². The Morgan fingerprint density at radius 3 is 2.71 bits per heavy atom. The van der Waals surface area contributed by atoms with E-state index in [1.165, 1.54) is 36.0 Å². The van der Waals surface area contributed by atoms with Crippen LogP contribution in [0.3, 0.4) is 0 Å². The smallest absolute Gasteiger partial charge is 0.298 e. The van der Waals surface area contributed by atoms with E-state index in [9.17, 15) is 18.0 Å². The van der Waals surface area contributed by atoms with Crippen LogP contribution < -0.4 is 5.32 Å². The van der Waals surface area contributed by atoms with Crippen LogP contribution in [0.15, 0.2) is 35.8 Å². The van der Waals surface area contributed by atoms with Gasteiger partial charge in [-0.15, -0.1) is 11.3 Å². The topological polar surface area (TPSA) is 63.1 Å². The number of anilines is 1. The maximum atomic E-state index is 13.8. The number of nitrogens with zero attached hydrogens (tertiary/aromatic N) is 4. The van der Waals surface area contributed by atoms with Crippen molar-refractivity contribution in [2.45, 2.75) is 32.0 Å². The van der Waals surface area contributed by atoms with Crippen LogP contribution in [0.25, 0.3) is 5.69 Å². The summed E-state index contributed by atoms with van der Waals surface area (Å²) >= 11 is 7.08. The van der Waals surface area contributed by atoms with Crippen LogP contribution in [0, 0.1) is 0 Å². The molecule has 1 N–H and O–H groups in total. The van der Waals surface area contributed by atoms with Gasteiger partial charge in [0.05, 0.1) is 23.1 Å². The lowest BCUT2D eigenvalue weighted by Gasteiger charge is -2.25. The first kappa shape index (κ1) is 21.8. The van der Waals surface area contributed by atoms with E-state index in [-0.39, 0.29) is 15.8 Å². The average Bonchev–Trinajstić information content (AvgIpc) is 3.36. The highest BCUT2D eigenvalue weighted by atomic mass is 35.5. The molecule has 4 rings (SSSR count). The average molecular weight is 470 g/mol. The van der Waals surface area contributed by atoms with Crippen molar-refractivity contribution < 1.29 is 18.0 Å². The molecule has 1 saturated heterocycles. The number of likely N-dealkylation sites (tertiary alicyclic amines) is 1. The number of benzene rings is 1. The molecule has 1 aromatic carbocycles. The molecule has 1 aliphatic heterocycles. The van der Waals surface area contributed by atoms with Crippen LogP contribution in [0.5, 0.6) is 0 Å². The number of rotatable bonds is 5. The van der Waals surface area contributed by atoms with Gasteiger partial charge in [0.15, 0.2) is 10.8 Å². The van der Waals surface area contributed by atoms with Gasteiger partial charge in [0, 0.05) is 16.9 Å². The zero-order chi connectivity index (χ0) is 22.0. The van der Waals surface area contributed by atoms with Crippen molar-refractivity contribution in [2.24, 2.45) is 0 Å². The van der Waals surface area contributed by atoms with E-state index in [1.54, 1.807) is 6.07 Å². The third-order valence-corrected chi connectivity index (χ3v) is 5.98. The molecule has 3 aromatic rings. The number of aromatic nitrogens is 3. The molecule has 3 heterocycles. The molecule has 6 nitrogen and oxygen atoms in total. The fourth-order valence-electron chi connectivity index (χ4n) is 3.54. The summed E-state index contributed by atoms with van der Waals surface area (Å²) in [6.07, 6.45) is -0.385. The lowest BCUT2D eigenvalue weighted by Crippen LogP contribution is -2.29. The molecule has 0 radical (unpaired) electrons. The number of hydrogen-bond acceptors (Lipinski definition) is 5. The van der Waals surface area contributed by atoms with Crippen molar-refractivity contribution >= 4 is 34.0 Å². The number of carbonyl (C=O) groups excluding carboxylic acids is 1. The first-order chi connectivity index (χ1) is 14.8. The summed E-state index contributed by atoms with van der Waals surface area (Å²) in [4.78, 5) is 19.3. The number of carbonyl (C=O) groups is 1. The fourth-order valence-corrected chi connectivity index (χ4v) is 4.42. The van der Waals surface area contributed by atoms with Crippen molar-refractivity contribution in [3.63, 3.8) is 0 Å². The molecule has 1 aliphatic rings. The zero-order valence-corrected chi connectivity index (χ0v) is 17.9. The SMILES string of the molecule is O=C(Nc1nc(CN2CCCCC2)cs1)c1cnn(-c2cccc(Cl)c2)c1C(F)(F)F. The zero-order valence-electron chi connectivity index (χ0n) is 16.3. The monoisotopic (exact) mass is 469 g/mol. The van der Waals surface area contributed by atoms with Crippen LogP contribution in [-0.2, 0) is 12.7 Å². The number of thiazole rings is 1. The molecule has 0 bridgehead atoms. The van der Waals surface area contributed by atoms with Gasteiger partial charge in [-0.1, -0.05) is 24.1 Å². The summed E-state index contributed by atoms with van der Waals surface area (Å²) < 4.78 is 42.1. The number of halogens is 4. The molecule has 0 saturated carbocycles. The van der Waals surface area contributed by atoms with Crippen LogP contribution in [0.4, 0.5) is 18.3 Å². The van der Waals surface area contributed by atoms with E-state index < -0.39 is 23.3 Å². The fraction of sp³-hybridized carbons (Fsp3) is 0.350. The van der Waals surface area contributed by atoms with Gasteiger partial charge in [-0.25, -0.2) is 9.67 Å². The third-order valence-electron chi connectivity index (χ3n) is 4.94. The van der Waals surface area contributed by atoms with Crippen LogP contribution in [0.2, 0.25) is 5.02 Å². The van der Waals surface area contributed by atoms with E-state index in [4.69, 9.17) is 11.6 Å². The number of piperidine rings is 1. The van der Waals surface area contributed by atoms with E-state index >= 15 is 0 Å². The van der Waals surface area contributed by atoms with Gasteiger partial charge >= 0.3 is 6.18 Å². The van der Waals surface area contributed by atoms with Gasteiger partial charge in [-0.2, -0.15) is 18.3 Å². The largest absolute Gasteiger partial charge is 0.434 e. The van der Waals surface area contributed by atoms with Gasteiger partial charge in [-0.05, 0) is 44.1 Å². The molecule has 1 fully saturated rings. The Balaban J connectivity index is 1.55. The summed E-state index contributed by atoms with van der Waals surface area (Å²) in [5.74, 6) is -0.917. The Morgan fingerprint density at radius 2 is 2.00 bits per heavy atom. The number of alkyl halides is 3. The van der Waals surface area contributed by atoms with Crippen LogP contribution >= 0.6 is 22.9 Å². The minimum Gasteiger partial charge on any atom is -0.298 e. The lowest BCUT2D eigenvalue weighted by molar-refractivity contribution is -0.143. The Kier molecular flexibility index (Phi) is 6.31. The van der Waals surface area contributed by atoms with Gasteiger partial charge in [-0.3, -0.25) is 15.0 Å². The highest BCUT2D eigenvalue weighted by Gasteiger charge is 2.40. The Morgan fingerprint density at radius 1 is 1.23 bits per heavy atom. The van der Waals surface area contributed by atoms with Gasteiger partial charge in [0.2, 0.25) is 0 Å². The molecular formula is C20H19ClF3N5OS. The second-order valence-corrected chi connectivity index (χ2v) is 8.53. The Labute approximate surface area is 185 Å². The Hall–Kier alpha value is -2.43. The van der Waals surface area contributed by atoms with E-state index in [0.29, 0.717) is 11.2 Å². The third kappa shape index (κ3) is 5.08. The minimum absolute atomic E-state index is 0.108. The maximum absolute atomic E-state index is 13.8. The second-order valence-electron chi connectivity index (χ2n) is 7.23. The molecule has 0 unspecified atom stereocenters. The highest BCUT2D eigenvalue weighted by Crippen LogP contribution is 2.34. The molecule has 31 heavy (non-hydrogen) atoms. The van der Waals surface area contributed by atoms with E-state index in [0.717, 1.165) is 37.8 Å². The van der Waals surface area contributed by atoms with Crippen molar-refractivity contribution in [3.05, 3.63) is 57.8 Å². The molecule has 11 heteroatoms. The summed E-state index contributed by atoms with van der Waals surface area (Å²) in [5.41, 5.74) is -0.859. The lowest BCUT2D eigenvalue weighted by atomic mass is 10.1. The van der Waals surface area contributed by atoms with Crippen molar-refractivity contribution in [1.29, 1.82) is 0 Å². The minimum atomic E-state index is -4.80.